The fraction of sp³-hybridized carbons (Fsp3) is 0.200. The van der Waals surface area contributed by atoms with Crippen molar-refractivity contribution in [3.05, 3.63) is 89.5 Å². The molecule has 0 fully saturated rings. The fourth-order valence-electron chi connectivity index (χ4n) is 2.89. The van der Waals surface area contributed by atoms with Gasteiger partial charge in [-0.3, -0.25) is 0 Å². The van der Waals surface area contributed by atoms with Crippen LogP contribution in [0.2, 0.25) is 0 Å². The third-order valence-electron chi connectivity index (χ3n) is 4.61. The summed E-state index contributed by atoms with van der Waals surface area (Å²) in [6.07, 6.45) is 4.56. The number of carbonyl (C=O) groups is 2. The maximum Gasteiger partial charge on any atom is 0.343 e. The van der Waals surface area contributed by atoms with Crippen LogP contribution in [-0.2, 0) is 6.42 Å². The van der Waals surface area contributed by atoms with Crippen molar-refractivity contribution in [3.8, 4) is 17.2 Å². The Morgan fingerprint density at radius 2 is 1.17 bits per heavy atom. The predicted octanol–water partition coefficient (Wildman–Crippen LogP) is 5.56. The zero-order chi connectivity index (χ0) is 21.3. The van der Waals surface area contributed by atoms with Crippen LogP contribution in [0.3, 0.4) is 0 Å². The molecule has 0 radical (unpaired) electrons. The van der Waals surface area contributed by atoms with Crippen LogP contribution < -0.4 is 9.47 Å². The zero-order valence-corrected chi connectivity index (χ0v) is 16.8. The van der Waals surface area contributed by atoms with E-state index in [-0.39, 0.29) is 5.75 Å². The summed E-state index contributed by atoms with van der Waals surface area (Å²) in [6.45, 7) is 2.18. The average molecular weight is 404 g/mol. The molecule has 0 unspecified atom stereocenters. The van der Waals surface area contributed by atoms with E-state index in [2.05, 4.69) is 6.92 Å². The first-order valence-corrected chi connectivity index (χ1v) is 9.97. The minimum Gasteiger partial charge on any atom is -0.508 e. The average Bonchev–Trinajstić information content (AvgIpc) is 2.76. The van der Waals surface area contributed by atoms with Gasteiger partial charge in [-0.05, 0) is 79.1 Å². The van der Waals surface area contributed by atoms with Gasteiger partial charge in [0.05, 0.1) is 11.1 Å². The summed E-state index contributed by atoms with van der Waals surface area (Å²) in [4.78, 5) is 24.4. The fourth-order valence-corrected chi connectivity index (χ4v) is 2.89. The van der Waals surface area contributed by atoms with Crippen molar-refractivity contribution in [1.29, 1.82) is 0 Å². The largest absolute Gasteiger partial charge is 0.508 e. The molecule has 0 aromatic heterocycles. The lowest BCUT2D eigenvalue weighted by Crippen LogP contribution is -2.10. The smallest absolute Gasteiger partial charge is 0.343 e. The minimum absolute atomic E-state index is 0.0700. The van der Waals surface area contributed by atoms with E-state index in [1.54, 1.807) is 24.3 Å². The molecule has 0 bridgehead atoms. The van der Waals surface area contributed by atoms with Crippen LogP contribution in [0.15, 0.2) is 72.8 Å². The van der Waals surface area contributed by atoms with Crippen LogP contribution in [0.1, 0.15) is 52.5 Å². The molecule has 0 heterocycles. The molecule has 3 aromatic rings. The van der Waals surface area contributed by atoms with Gasteiger partial charge in [0.15, 0.2) is 0 Å². The topological polar surface area (TPSA) is 72.8 Å². The first-order valence-electron chi connectivity index (χ1n) is 9.97. The molecule has 3 rings (SSSR count). The molecule has 5 heteroatoms. The Hall–Kier alpha value is -3.60. The summed E-state index contributed by atoms with van der Waals surface area (Å²) in [5.74, 6) is -0.168. The molecule has 30 heavy (non-hydrogen) atoms. The van der Waals surface area contributed by atoms with Crippen LogP contribution in [0.5, 0.6) is 17.2 Å². The van der Waals surface area contributed by atoms with E-state index >= 15 is 0 Å². The number of phenolic OH excluding ortho intramolecular Hbond substituents is 1. The third kappa shape index (κ3) is 5.95. The van der Waals surface area contributed by atoms with Crippen molar-refractivity contribution in [2.45, 2.75) is 32.6 Å². The molecule has 0 atom stereocenters. The minimum atomic E-state index is -0.552. The van der Waals surface area contributed by atoms with E-state index in [9.17, 15) is 14.7 Å². The Morgan fingerprint density at radius 3 is 1.67 bits per heavy atom. The molecule has 5 nitrogen and oxygen atoms in total. The van der Waals surface area contributed by atoms with Gasteiger partial charge >= 0.3 is 11.9 Å². The standard InChI is InChI=1S/C25H24O5/c1-2-3-4-5-18-6-14-22(15-7-18)29-25(28)20-10-16-23(17-11-20)30-24(27)19-8-12-21(26)13-9-19/h6-17,26H,2-5H2,1H3. The van der Waals surface area contributed by atoms with Crippen LogP contribution in [0.4, 0.5) is 0 Å². The highest BCUT2D eigenvalue weighted by molar-refractivity contribution is 5.92. The van der Waals surface area contributed by atoms with Gasteiger partial charge in [-0.1, -0.05) is 31.9 Å². The first kappa shape index (κ1) is 21.1. The maximum atomic E-state index is 12.3. The maximum absolute atomic E-state index is 12.3. The quantitative estimate of drug-likeness (QED) is 0.302. The molecule has 1 N–H and O–H groups in total. The number of esters is 2. The van der Waals surface area contributed by atoms with Gasteiger partial charge in [0.2, 0.25) is 0 Å². The molecular formula is C25H24O5. The van der Waals surface area contributed by atoms with Gasteiger partial charge in [0, 0.05) is 0 Å². The van der Waals surface area contributed by atoms with E-state index < -0.39 is 11.9 Å². The molecule has 0 saturated carbocycles. The van der Waals surface area contributed by atoms with Gasteiger partial charge in [-0.25, -0.2) is 9.59 Å². The Labute approximate surface area is 175 Å². The van der Waals surface area contributed by atoms with Gasteiger partial charge in [0.1, 0.15) is 17.2 Å². The molecule has 0 amide bonds. The number of aryl methyl sites for hydroxylation is 1. The number of hydrogen-bond acceptors (Lipinski definition) is 5. The van der Waals surface area contributed by atoms with Crippen LogP contribution in [-0.4, -0.2) is 17.0 Å². The molecule has 0 aliphatic rings. The number of unbranched alkanes of at least 4 members (excludes halogenated alkanes) is 2. The number of aromatic hydroxyl groups is 1. The molecule has 3 aromatic carbocycles. The number of hydrogen-bond donors (Lipinski definition) is 1. The van der Waals surface area contributed by atoms with E-state index in [1.807, 2.05) is 12.1 Å². The highest BCUT2D eigenvalue weighted by atomic mass is 16.5. The number of benzene rings is 3. The second-order valence-corrected chi connectivity index (χ2v) is 6.95. The third-order valence-corrected chi connectivity index (χ3v) is 4.61. The van der Waals surface area contributed by atoms with Crippen molar-refractivity contribution in [2.24, 2.45) is 0 Å². The monoisotopic (exact) mass is 404 g/mol. The SMILES string of the molecule is CCCCCc1ccc(OC(=O)c2ccc(OC(=O)c3ccc(O)cc3)cc2)cc1. The lowest BCUT2D eigenvalue weighted by Gasteiger charge is -2.07. The summed E-state index contributed by atoms with van der Waals surface area (Å²) in [5, 5.41) is 9.28. The lowest BCUT2D eigenvalue weighted by atomic mass is 10.1. The van der Waals surface area contributed by atoms with Crippen LogP contribution in [0, 0.1) is 0 Å². The van der Waals surface area contributed by atoms with Crippen molar-refractivity contribution in [3.63, 3.8) is 0 Å². The number of ether oxygens (including phenoxy) is 2. The Balaban J connectivity index is 1.55. The summed E-state index contributed by atoms with van der Waals surface area (Å²) in [5.41, 5.74) is 1.89. The number of carbonyl (C=O) groups excluding carboxylic acids is 2. The van der Waals surface area contributed by atoms with Gasteiger partial charge in [-0.15, -0.1) is 0 Å². The Kier molecular flexibility index (Phi) is 7.22. The zero-order valence-electron chi connectivity index (χ0n) is 16.8. The van der Waals surface area contributed by atoms with Gasteiger partial charge < -0.3 is 14.6 Å². The van der Waals surface area contributed by atoms with Crippen molar-refractivity contribution >= 4 is 11.9 Å². The van der Waals surface area contributed by atoms with Gasteiger partial charge in [-0.2, -0.15) is 0 Å². The number of phenols is 1. The van der Waals surface area contributed by atoms with Crippen LogP contribution in [0.25, 0.3) is 0 Å². The first-order chi connectivity index (χ1) is 14.5. The van der Waals surface area contributed by atoms with Crippen LogP contribution >= 0.6 is 0 Å². The lowest BCUT2D eigenvalue weighted by molar-refractivity contribution is 0.0730. The molecule has 0 aliphatic carbocycles. The summed E-state index contributed by atoms with van der Waals surface area (Å²) >= 11 is 0. The van der Waals surface area contributed by atoms with E-state index in [0.717, 1.165) is 12.8 Å². The number of rotatable bonds is 8. The van der Waals surface area contributed by atoms with Gasteiger partial charge in [0.25, 0.3) is 0 Å². The van der Waals surface area contributed by atoms with Crippen molar-refractivity contribution in [1.82, 2.24) is 0 Å². The molecule has 154 valence electrons. The van der Waals surface area contributed by atoms with Crippen molar-refractivity contribution in [2.75, 3.05) is 0 Å². The van der Waals surface area contributed by atoms with Crippen molar-refractivity contribution < 1.29 is 24.2 Å². The summed E-state index contributed by atoms with van der Waals surface area (Å²) in [6, 6.07) is 19.5. The Bertz CT molecular complexity index is 974. The molecular weight excluding hydrogens is 380 g/mol. The van der Waals surface area contributed by atoms with E-state index in [4.69, 9.17) is 9.47 Å². The molecule has 0 saturated heterocycles. The molecule has 0 spiro atoms. The summed E-state index contributed by atoms with van der Waals surface area (Å²) in [7, 11) is 0. The van der Waals surface area contributed by atoms with E-state index in [1.165, 1.54) is 54.8 Å². The molecule has 0 aliphatic heterocycles. The highest BCUT2D eigenvalue weighted by Crippen LogP contribution is 2.19. The second-order valence-electron chi connectivity index (χ2n) is 6.95. The normalized spacial score (nSPS) is 10.4. The van der Waals surface area contributed by atoms with E-state index in [0.29, 0.717) is 22.6 Å². The predicted molar refractivity (Wildman–Crippen MR) is 114 cm³/mol. The highest BCUT2D eigenvalue weighted by Gasteiger charge is 2.12. The second kappa shape index (κ2) is 10.3. The summed E-state index contributed by atoms with van der Waals surface area (Å²) < 4.78 is 10.7. The Morgan fingerprint density at radius 1 is 0.700 bits per heavy atom.